The fourth-order valence-corrected chi connectivity index (χ4v) is 3.97. The van der Waals surface area contributed by atoms with Crippen molar-refractivity contribution in [3.05, 3.63) is 59.7 Å². The highest BCUT2D eigenvalue weighted by molar-refractivity contribution is 7.89. The first kappa shape index (κ1) is 20.5. The molecule has 8 heteroatoms. The predicted octanol–water partition coefficient (Wildman–Crippen LogP) is 2.84. The van der Waals surface area contributed by atoms with Crippen molar-refractivity contribution >= 4 is 22.1 Å². The lowest BCUT2D eigenvalue weighted by atomic mass is 10.1. The molecule has 0 bridgehead atoms. The normalized spacial score (nSPS) is 12.7. The second kappa shape index (κ2) is 8.70. The van der Waals surface area contributed by atoms with Gasteiger partial charge in [-0.05, 0) is 36.3 Å². The van der Waals surface area contributed by atoms with Crippen LogP contribution in [0.15, 0.2) is 53.4 Å². The molecule has 0 aliphatic carbocycles. The van der Waals surface area contributed by atoms with E-state index in [1.54, 1.807) is 6.92 Å². The highest BCUT2D eigenvalue weighted by atomic mass is 32.2. The second-order valence-corrected chi connectivity index (χ2v) is 7.36. The van der Waals surface area contributed by atoms with Gasteiger partial charge in [-0.15, -0.1) is 0 Å². The Hall–Kier alpha value is -2.84. The molecule has 144 valence electrons. The molecule has 0 spiro atoms. The van der Waals surface area contributed by atoms with Crippen molar-refractivity contribution < 1.29 is 27.8 Å². The summed E-state index contributed by atoms with van der Waals surface area (Å²) in [7, 11) is -1.27. The van der Waals surface area contributed by atoms with Crippen molar-refractivity contribution in [3.8, 4) is 11.5 Å². The maximum absolute atomic E-state index is 13.0. The van der Waals surface area contributed by atoms with E-state index in [1.807, 2.05) is 30.3 Å². The second-order valence-electron chi connectivity index (χ2n) is 5.68. The number of benzene rings is 2. The van der Waals surface area contributed by atoms with Crippen molar-refractivity contribution in [1.29, 1.82) is 0 Å². The minimum atomic E-state index is -3.98. The van der Waals surface area contributed by atoms with E-state index in [4.69, 9.17) is 14.6 Å². The lowest BCUT2D eigenvalue weighted by Gasteiger charge is -2.18. The largest absolute Gasteiger partial charge is 0.493 e. The number of ether oxygens (including phenoxy) is 2. The van der Waals surface area contributed by atoms with Gasteiger partial charge in [0, 0.05) is 12.1 Å². The molecule has 2 aromatic carbocycles. The molecule has 0 saturated carbocycles. The van der Waals surface area contributed by atoms with Gasteiger partial charge in [-0.25, -0.2) is 17.9 Å². The molecule has 2 N–H and O–H groups in total. The molecule has 0 fully saturated rings. The van der Waals surface area contributed by atoms with Crippen LogP contribution in [0.3, 0.4) is 0 Å². The van der Waals surface area contributed by atoms with Gasteiger partial charge in [0.1, 0.15) is 4.90 Å². The quantitative estimate of drug-likeness (QED) is 0.671. The molecule has 0 aliphatic heterocycles. The molecular formula is C19H21NO6S. The molecule has 7 nitrogen and oxygen atoms in total. The molecule has 0 unspecified atom stereocenters. The van der Waals surface area contributed by atoms with Crippen LogP contribution < -0.4 is 14.2 Å². The first-order valence-corrected chi connectivity index (χ1v) is 9.51. The minimum absolute atomic E-state index is 0.0396. The van der Waals surface area contributed by atoms with Crippen LogP contribution in [0, 0.1) is 0 Å². The number of carbonyl (C=O) groups is 1. The smallest absolute Gasteiger partial charge is 0.328 e. The summed E-state index contributed by atoms with van der Waals surface area (Å²) in [6.07, 6.45) is 2.20. The highest BCUT2D eigenvalue weighted by Gasteiger charge is 2.25. The molecule has 0 radical (unpaired) electrons. The molecule has 0 aromatic heterocycles. The highest BCUT2D eigenvalue weighted by Crippen LogP contribution is 2.36. The Labute approximate surface area is 158 Å². The Balaban J connectivity index is 2.50. The number of nitrogens with one attached hydrogen (secondary N) is 1. The van der Waals surface area contributed by atoms with E-state index in [9.17, 15) is 13.2 Å². The Bertz CT molecular complexity index is 938. The van der Waals surface area contributed by atoms with Crippen LogP contribution in [0.4, 0.5) is 0 Å². The summed E-state index contributed by atoms with van der Waals surface area (Å²) in [5.74, 6) is -0.930. The summed E-state index contributed by atoms with van der Waals surface area (Å²) in [6, 6.07) is 11.5. The van der Waals surface area contributed by atoms with Gasteiger partial charge in [-0.1, -0.05) is 30.3 Å². The van der Waals surface area contributed by atoms with Crippen molar-refractivity contribution in [2.75, 3.05) is 14.2 Å². The zero-order valence-corrected chi connectivity index (χ0v) is 16.0. The monoisotopic (exact) mass is 391 g/mol. The van der Waals surface area contributed by atoms with Crippen LogP contribution in [-0.2, 0) is 14.8 Å². The third-order valence-electron chi connectivity index (χ3n) is 3.81. The average Bonchev–Trinajstić information content (AvgIpc) is 2.65. The number of hydrogen-bond acceptors (Lipinski definition) is 5. The van der Waals surface area contributed by atoms with Gasteiger partial charge in [0.25, 0.3) is 0 Å². The first-order valence-electron chi connectivity index (χ1n) is 8.02. The standard InChI is InChI=1S/C19H21NO6S/c1-13(15-7-5-4-6-8-15)20-27(23,24)17-12-14(9-10-18(21)22)11-16(25-2)19(17)26-3/h4-13,20H,1-3H3,(H,21,22)/b10-9+/t13-/m0/s1. The summed E-state index contributed by atoms with van der Waals surface area (Å²) < 4.78 is 39.0. The SMILES string of the molecule is COc1cc(/C=C/C(=O)O)cc(S(=O)(=O)N[C@@H](C)c2ccccc2)c1OC. The van der Waals surface area contributed by atoms with E-state index in [0.717, 1.165) is 11.6 Å². The van der Waals surface area contributed by atoms with Crippen LogP contribution in [0.25, 0.3) is 6.08 Å². The maximum Gasteiger partial charge on any atom is 0.328 e. The van der Waals surface area contributed by atoms with Crippen molar-refractivity contribution in [2.24, 2.45) is 0 Å². The fourth-order valence-electron chi connectivity index (χ4n) is 2.52. The Morgan fingerprint density at radius 3 is 2.37 bits per heavy atom. The minimum Gasteiger partial charge on any atom is -0.493 e. The van der Waals surface area contributed by atoms with Gasteiger partial charge >= 0.3 is 5.97 Å². The molecule has 2 aromatic rings. The number of methoxy groups -OCH3 is 2. The van der Waals surface area contributed by atoms with Gasteiger partial charge in [0.05, 0.1) is 14.2 Å². The fraction of sp³-hybridized carbons (Fsp3) is 0.211. The van der Waals surface area contributed by atoms with Crippen LogP contribution >= 0.6 is 0 Å². The summed E-state index contributed by atoms with van der Waals surface area (Å²) >= 11 is 0. The molecule has 0 heterocycles. The van der Waals surface area contributed by atoms with Crippen LogP contribution in [0.1, 0.15) is 24.1 Å². The van der Waals surface area contributed by atoms with E-state index in [-0.39, 0.29) is 16.4 Å². The van der Waals surface area contributed by atoms with Crippen molar-refractivity contribution in [2.45, 2.75) is 17.9 Å². The van der Waals surface area contributed by atoms with Crippen molar-refractivity contribution in [1.82, 2.24) is 4.72 Å². The summed E-state index contributed by atoms with van der Waals surface area (Å²) in [4.78, 5) is 10.6. The number of carboxylic acids is 1. The number of carboxylic acid groups (broad SMARTS) is 1. The number of rotatable bonds is 8. The van der Waals surface area contributed by atoms with Crippen molar-refractivity contribution in [3.63, 3.8) is 0 Å². The Morgan fingerprint density at radius 2 is 1.81 bits per heavy atom. The molecule has 27 heavy (non-hydrogen) atoms. The van der Waals surface area contributed by atoms with Gasteiger partial charge in [0.15, 0.2) is 11.5 Å². The van der Waals surface area contributed by atoms with E-state index in [1.165, 1.54) is 32.4 Å². The van der Waals surface area contributed by atoms with Crippen LogP contribution in [-0.4, -0.2) is 33.7 Å². The third kappa shape index (κ3) is 5.08. The topological polar surface area (TPSA) is 102 Å². The maximum atomic E-state index is 13.0. The van der Waals surface area contributed by atoms with E-state index < -0.39 is 22.0 Å². The van der Waals surface area contributed by atoms with E-state index >= 15 is 0 Å². The average molecular weight is 391 g/mol. The van der Waals surface area contributed by atoms with Crippen LogP contribution in [0.2, 0.25) is 0 Å². The predicted molar refractivity (Wildman–Crippen MR) is 101 cm³/mol. The molecule has 0 aliphatic rings. The van der Waals surface area contributed by atoms with Gasteiger partial charge < -0.3 is 14.6 Å². The van der Waals surface area contributed by atoms with Gasteiger partial charge in [-0.2, -0.15) is 0 Å². The van der Waals surface area contributed by atoms with E-state index in [2.05, 4.69) is 4.72 Å². The lowest BCUT2D eigenvalue weighted by molar-refractivity contribution is -0.131. The zero-order chi connectivity index (χ0) is 20.0. The summed E-state index contributed by atoms with van der Waals surface area (Å²) in [5.41, 5.74) is 1.15. The Kier molecular flexibility index (Phi) is 6.59. The van der Waals surface area contributed by atoms with Gasteiger partial charge in [0.2, 0.25) is 10.0 Å². The molecule has 2 rings (SSSR count). The summed E-state index contributed by atoms with van der Waals surface area (Å²) in [6.45, 7) is 1.73. The number of hydrogen-bond donors (Lipinski definition) is 2. The zero-order valence-electron chi connectivity index (χ0n) is 15.2. The van der Waals surface area contributed by atoms with Gasteiger partial charge in [-0.3, -0.25) is 0 Å². The lowest BCUT2D eigenvalue weighted by Crippen LogP contribution is -2.27. The molecule has 0 saturated heterocycles. The Morgan fingerprint density at radius 1 is 1.15 bits per heavy atom. The van der Waals surface area contributed by atoms with Crippen LogP contribution in [0.5, 0.6) is 11.5 Å². The molecule has 0 amide bonds. The number of sulfonamides is 1. The summed E-state index contributed by atoms with van der Waals surface area (Å²) in [5, 5.41) is 8.80. The number of aliphatic carboxylic acids is 1. The van der Waals surface area contributed by atoms with E-state index in [0.29, 0.717) is 5.56 Å². The molecule has 1 atom stereocenters. The third-order valence-corrected chi connectivity index (χ3v) is 5.35. The first-order chi connectivity index (χ1) is 12.8. The molecular weight excluding hydrogens is 370 g/mol.